The maximum absolute atomic E-state index is 11.7. The van der Waals surface area contributed by atoms with Crippen molar-refractivity contribution in [3.63, 3.8) is 0 Å². The van der Waals surface area contributed by atoms with E-state index < -0.39 is 0 Å². The zero-order valence-corrected chi connectivity index (χ0v) is 14.6. The van der Waals surface area contributed by atoms with Gasteiger partial charge < -0.3 is 9.64 Å². The SMILES string of the molecule is COC(=O)c1ccc(C2=Nc3ccccc3N(C)c3ccccc32)cc1. The summed E-state index contributed by atoms with van der Waals surface area (Å²) in [6, 6.07) is 23.7. The Morgan fingerprint density at radius 3 is 2.27 bits per heavy atom. The number of carbonyl (C=O) groups is 1. The van der Waals surface area contributed by atoms with Gasteiger partial charge >= 0.3 is 5.97 Å². The van der Waals surface area contributed by atoms with Gasteiger partial charge in [0.1, 0.15) is 0 Å². The van der Waals surface area contributed by atoms with Crippen molar-refractivity contribution in [3.8, 4) is 0 Å². The van der Waals surface area contributed by atoms with E-state index in [1.165, 1.54) is 7.11 Å². The Balaban J connectivity index is 1.90. The molecule has 0 spiro atoms. The number of carbonyl (C=O) groups excluding carboxylic acids is 1. The fourth-order valence-electron chi connectivity index (χ4n) is 3.22. The summed E-state index contributed by atoms with van der Waals surface area (Å²) in [6.45, 7) is 0. The average molecular weight is 342 g/mol. The second-order valence-electron chi connectivity index (χ2n) is 6.09. The summed E-state index contributed by atoms with van der Waals surface area (Å²) in [5.41, 5.74) is 6.48. The van der Waals surface area contributed by atoms with Crippen LogP contribution in [-0.2, 0) is 4.74 Å². The van der Waals surface area contributed by atoms with E-state index in [-0.39, 0.29) is 5.97 Å². The summed E-state index contributed by atoms with van der Waals surface area (Å²) in [4.78, 5) is 18.8. The van der Waals surface area contributed by atoms with Gasteiger partial charge in [-0.15, -0.1) is 0 Å². The molecule has 4 rings (SSSR count). The number of anilines is 2. The van der Waals surface area contributed by atoms with Crippen molar-refractivity contribution in [2.45, 2.75) is 0 Å². The second kappa shape index (κ2) is 6.48. The lowest BCUT2D eigenvalue weighted by Crippen LogP contribution is -2.12. The zero-order chi connectivity index (χ0) is 18.1. The molecule has 0 radical (unpaired) electrons. The van der Waals surface area contributed by atoms with Gasteiger partial charge in [-0.1, -0.05) is 42.5 Å². The van der Waals surface area contributed by atoms with E-state index >= 15 is 0 Å². The Kier molecular flexibility index (Phi) is 4.01. The normalized spacial score (nSPS) is 12.5. The van der Waals surface area contributed by atoms with Crippen LogP contribution in [0.15, 0.2) is 77.8 Å². The number of ether oxygens (including phenoxy) is 1. The first kappa shape index (κ1) is 16.1. The highest BCUT2D eigenvalue weighted by Gasteiger charge is 2.21. The van der Waals surface area contributed by atoms with Gasteiger partial charge in [-0.05, 0) is 30.3 Å². The number of hydrogen-bond acceptors (Lipinski definition) is 4. The van der Waals surface area contributed by atoms with Crippen LogP contribution >= 0.6 is 0 Å². The van der Waals surface area contributed by atoms with E-state index in [9.17, 15) is 4.79 Å². The molecule has 0 saturated carbocycles. The maximum Gasteiger partial charge on any atom is 0.337 e. The van der Waals surface area contributed by atoms with Gasteiger partial charge in [0.05, 0.1) is 35.4 Å². The average Bonchev–Trinajstić information content (AvgIpc) is 2.83. The monoisotopic (exact) mass is 342 g/mol. The molecule has 0 saturated heterocycles. The van der Waals surface area contributed by atoms with Gasteiger partial charge in [-0.2, -0.15) is 0 Å². The van der Waals surface area contributed by atoms with Gasteiger partial charge in [0, 0.05) is 18.2 Å². The van der Waals surface area contributed by atoms with E-state index in [1.54, 1.807) is 12.1 Å². The van der Waals surface area contributed by atoms with Crippen LogP contribution in [0.1, 0.15) is 21.5 Å². The van der Waals surface area contributed by atoms with Crippen molar-refractivity contribution < 1.29 is 9.53 Å². The van der Waals surface area contributed by atoms with Crippen molar-refractivity contribution in [2.24, 2.45) is 4.99 Å². The van der Waals surface area contributed by atoms with Gasteiger partial charge in [-0.25, -0.2) is 9.79 Å². The molecular weight excluding hydrogens is 324 g/mol. The molecule has 0 atom stereocenters. The van der Waals surface area contributed by atoms with Crippen molar-refractivity contribution in [1.29, 1.82) is 0 Å². The minimum Gasteiger partial charge on any atom is -0.465 e. The Hall–Kier alpha value is -3.40. The number of rotatable bonds is 2. The van der Waals surface area contributed by atoms with Gasteiger partial charge in [0.25, 0.3) is 0 Å². The molecule has 128 valence electrons. The maximum atomic E-state index is 11.7. The van der Waals surface area contributed by atoms with E-state index in [2.05, 4.69) is 30.1 Å². The topological polar surface area (TPSA) is 41.9 Å². The summed E-state index contributed by atoms with van der Waals surface area (Å²) in [5, 5.41) is 0. The molecule has 0 aliphatic carbocycles. The molecule has 0 unspecified atom stereocenters. The third-order valence-corrected chi connectivity index (χ3v) is 4.58. The van der Waals surface area contributed by atoms with Crippen LogP contribution in [-0.4, -0.2) is 25.8 Å². The van der Waals surface area contributed by atoms with Gasteiger partial charge in [0.15, 0.2) is 0 Å². The first-order valence-electron chi connectivity index (χ1n) is 8.38. The molecule has 0 N–H and O–H groups in total. The lowest BCUT2D eigenvalue weighted by molar-refractivity contribution is 0.0600. The molecule has 0 aromatic heterocycles. The first-order chi connectivity index (χ1) is 12.7. The van der Waals surface area contributed by atoms with Crippen LogP contribution in [0.4, 0.5) is 17.1 Å². The summed E-state index contributed by atoms with van der Waals surface area (Å²) >= 11 is 0. The number of nitrogens with zero attached hydrogens (tertiary/aromatic N) is 2. The largest absolute Gasteiger partial charge is 0.465 e. The highest BCUT2D eigenvalue weighted by Crippen LogP contribution is 2.39. The number of benzene rings is 3. The summed E-state index contributed by atoms with van der Waals surface area (Å²) in [5.74, 6) is -0.343. The smallest absolute Gasteiger partial charge is 0.337 e. The van der Waals surface area contributed by atoms with Crippen LogP contribution < -0.4 is 4.90 Å². The Morgan fingerprint density at radius 1 is 0.885 bits per heavy atom. The third kappa shape index (κ3) is 2.65. The molecular formula is C22H18N2O2. The quantitative estimate of drug-likeness (QED) is 0.633. The molecule has 0 fully saturated rings. The predicted molar refractivity (Wildman–Crippen MR) is 104 cm³/mol. The molecule has 1 aliphatic rings. The molecule has 4 nitrogen and oxygen atoms in total. The molecule has 1 aliphatic heterocycles. The lowest BCUT2D eigenvalue weighted by atomic mass is 9.99. The van der Waals surface area contributed by atoms with Gasteiger partial charge in [-0.3, -0.25) is 0 Å². The van der Waals surface area contributed by atoms with Crippen molar-refractivity contribution in [1.82, 2.24) is 0 Å². The van der Waals surface area contributed by atoms with Crippen LogP contribution in [0.2, 0.25) is 0 Å². The van der Waals surface area contributed by atoms with Crippen LogP contribution in [0.3, 0.4) is 0 Å². The fraction of sp³-hybridized carbons (Fsp3) is 0.0909. The standard InChI is InChI=1S/C22H18N2O2/c1-24-19-9-5-3-7-17(19)21(23-18-8-4-6-10-20(18)24)15-11-13-16(14-12-15)22(25)26-2/h3-14H,1-2H3. The van der Waals surface area contributed by atoms with Gasteiger partial charge in [0.2, 0.25) is 0 Å². The second-order valence-corrected chi connectivity index (χ2v) is 6.09. The van der Waals surface area contributed by atoms with Crippen LogP contribution in [0.25, 0.3) is 0 Å². The number of para-hydroxylation sites is 3. The van der Waals surface area contributed by atoms with Crippen molar-refractivity contribution >= 4 is 28.7 Å². The minimum absolute atomic E-state index is 0.343. The van der Waals surface area contributed by atoms with E-state index in [1.807, 2.05) is 42.5 Å². The minimum atomic E-state index is -0.343. The molecule has 0 bridgehead atoms. The van der Waals surface area contributed by atoms with E-state index in [0.717, 1.165) is 33.9 Å². The highest BCUT2D eigenvalue weighted by atomic mass is 16.5. The molecule has 3 aromatic carbocycles. The molecule has 0 amide bonds. The number of esters is 1. The summed E-state index contributed by atoms with van der Waals surface area (Å²) in [6.07, 6.45) is 0. The van der Waals surface area contributed by atoms with Crippen LogP contribution in [0, 0.1) is 0 Å². The molecule has 1 heterocycles. The first-order valence-corrected chi connectivity index (χ1v) is 8.38. The van der Waals surface area contributed by atoms with Crippen molar-refractivity contribution in [2.75, 3.05) is 19.1 Å². The zero-order valence-electron chi connectivity index (χ0n) is 14.6. The van der Waals surface area contributed by atoms with Crippen LogP contribution in [0.5, 0.6) is 0 Å². The van der Waals surface area contributed by atoms with Crippen molar-refractivity contribution in [3.05, 3.63) is 89.5 Å². The molecule has 4 heteroatoms. The number of fused-ring (bicyclic) bond motifs is 2. The summed E-state index contributed by atoms with van der Waals surface area (Å²) < 4.78 is 4.78. The Morgan fingerprint density at radius 2 is 1.54 bits per heavy atom. The van der Waals surface area contributed by atoms with E-state index in [0.29, 0.717) is 5.56 Å². The number of aliphatic imine (C=N–C) groups is 1. The molecule has 26 heavy (non-hydrogen) atoms. The van der Waals surface area contributed by atoms with E-state index in [4.69, 9.17) is 9.73 Å². The predicted octanol–water partition coefficient (Wildman–Crippen LogP) is 4.72. The Bertz CT molecular complexity index is 1010. The highest BCUT2D eigenvalue weighted by molar-refractivity contribution is 6.18. The fourth-order valence-corrected chi connectivity index (χ4v) is 3.22. The third-order valence-electron chi connectivity index (χ3n) is 4.58. The molecule has 3 aromatic rings. The summed E-state index contributed by atoms with van der Waals surface area (Å²) in [7, 11) is 3.44. The number of hydrogen-bond donors (Lipinski definition) is 0. The lowest BCUT2D eigenvalue weighted by Gasteiger charge is -2.21. The number of methoxy groups -OCH3 is 1. The Labute approximate surface area is 152 Å².